The number of tetrazole rings is 1. The fraction of sp³-hybridized carbons (Fsp3) is 0.222. The van der Waals surface area contributed by atoms with E-state index in [0.717, 1.165) is 11.3 Å². The molecular weight excluding hydrogens is 320 g/mol. The maximum Gasteiger partial charge on any atom is 0.352 e. The van der Waals surface area contributed by atoms with E-state index in [2.05, 4.69) is 15.5 Å². The van der Waals surface area contributed by atoms with Gasteiger partial charge < -0.3 is 9.47 Å². The molecule has 0 saturated heterocycles. The SMILES string of the molecule is Cc1ccc(O[C@@H](C)C(=O)Oc2ccc(-n3cnnn3)cc2)cc1C. The van der Waals surface area contributed by atoms with Crippen LogP contribution in [0, 0.1) is 13.8 Å². The van der Waals surface area contributed by atoms with Crippen molar-refractivity contribution < 1.29 is 14.3 Å². The zero-order valence-electron chi connectivity index (χ0n) is 14.2. The quantitative estimate of drug-likeness (QED) is 0.526. The number of benzene rings is 2. The lowest BCUT2D eigenvalue weighted by Crippen LogP contribution is -2.28. The van der Waals surface area contributed by atoms with Gasteiger partial charge in [0.25, 0.3) is 0 Å². The number of carbonyl (C=O) groups excluding carboxylic acids is 1. The van der Waals surface area contributed by atoms with Gasteiger partial charge in [-0.3, -0.25) is 0 Å². The highest BCUT2D eigenvalue weighted by molar-refractivity contribution is 5.77. The molecule has 0 amide bonds. The van der Waals surface area contributed by atoms with Gasteiger partial charge in [-0.05, 0) is 78.7 Å². The largest absolute Gasteiger partial charge is 0.479 e. The van der Waals surface area contributed by atoms with Gasteiger partial charge in [-0.1, -0.05) is 6.07 Å². The van der Waals surface area contributed by atoms with Crippen molar-refractivity contribution in [3.05, 3.63) is 59.9 Å². The zero-order chi connectivity index (χ0) is 17.8. The van der Waals surface area contributed by atoms with Gasteiger partial charge >= 0.3 is 5.97 Å². The Morgan fingerprint density at radius 2 is 1.76 bits per heavy atom. The van der Waals surface area contributed by atoms with Gasteiger partial charge in [0.1, 0.15) is 17.8 Å². The Morgan fingerprint density at radius 3 is 2.40 bits per heavy atom. The lowest BCUT2D eigenvalue weighted by molar-refractivity contribution is -0.141. The molecule has 0 unspecified atom stereocenters. The molecule has 0 bridgehead atoms. The Balaban J connectivity index is 1.62. The van der Waals surface area contributed by atoms with Gasteiger partial charge in [0, 0.05) is 0 Å². The molecule has 1 aromatic heterocycles. The molecule has 0 radical (unpaired) electrons. The zero-order valence-corrected chi connectivity index (χ0v) is 14.2. The van der Waals surface area contributed by atoms with E-state index in [-0.39, 0.29) is 0 Å². The summed E-state index contributed by atoms with van der Waals surface area (Å²) < 4.78 is 12.5. The van der Waals surface area contributed by atoms with Crippen LogP contribution < -0.4 is 9.47 Å². The van der Waals surface area contributed by atoms with Crippen LogP contribution in [0.15, 0.2) is 48.8 Å². The topological polar surface area (TPSA) is 79.1 Å². The first kappa shape index (κ1) is 16.6. The van der Waals surface area contributed by atoms with E-state index in [1.165, 1.54) is 16.6 Å². The van der Waals surface area contributed by atoms with Crippen molar-refractivity contribution in [3.63, 3.8) is 0 Å². The highest BCUT2D eigenvalue weighted by Gasteiger charge is 2.17. The molecule has 0 aliphatic heterocycles. The summed E-state index contributed by atoms with van der Waals surface area (Å²) in [5, 5.41) is 10.9. The summed E-state index contributed by atoms with van der Waals surface area (Å²) in [6.45, 7) is 5.68. The molecule has 0 fully saturated rings. The van der Waals surface area contributed by atoms with E-state index >= 15 is 0 Å². The number of aromatic nitrogens is 4. The Kier molecular flexibility index (Phi) is 4.74. The maximum atomic E-state index is 12.2. The highest BCUT2D eigenvalue weighted by atomic mass is 16.6. The summed E-state index contributed by atoms with van der Waals surface area (Å²) in [6, 6.07) is 12.6. The van der Waals surface area contributed by atoms with Gasteiger partial charge in [-0.2, -0.15) is 0 Å². The molecule has 25 heavy (non-hydrogen) atoms. The van der Waals surface area contributed by atoms with Crippen molar-refractivity contribution in [2.75, 3.05) is 0 Å². The third-order valence-corrected chi connectivity index (χ3v) is 3.79. The normalized spacial score (nSPS) is 11.8. The molecule has 0 aliphatic carbocycles. The standard InChI is InChI=1S/C18H18N4O3/c1-12-4-7-17(10-13(12)2)24-14(3)18(23)25-16-8-5-15(6-9-16)22-11-19-20-21-22/h4-11,14H,1-3H3/t14-/m0/s1. The van der Waals surface area contributed by atoms with E-state index < -0.39 is 12.1 Å². The first-order valence-electron chi connectivity index (χ1n) is 7.82. The highest BCUT2D eigenvalue weighted by Crippen LogP contribution is 2.19. The second-order valence-electron chi connectivity index (χ2n) is 5.68. The van der Waals surface area contributed by atoms with Crippen LogP contribution in [0.25, 0.3) is 5.69 Å². The number of esters is 1. The van der Waals surface area contributed by atoms with Crippen LogP contribution in [0.5, 0.6) is 11.5 Å². The van der Waals surface area contributed by atoms with E-state index in [1.807, 2.05) is 32.0 Å². The van der Waals surface area contributed by atoms with Crippen LogP contribution >= 0.6 is 0 Å². The number of hydrogen-bond donors (Lipinski definition) is 0. The van der Waals surface area contributed by atoms with Gasteiger partial charge in [0.15, 0.2) is 6.10 Å². The molecule has 7 nitrogen and oxygen atoms in total. The number of nitrogens with zero attached hydrogens (tertiary/aromatic N) is 4. The number of aryl methyl sites for hydroxylation is 2. The molecule has 2 aromatic carbocycles. The Hall–Kier alpha value is -3.22. The first-order chi connectivity index (χ1) is 12.0. The van der Waals surface area contributed by atoms with Gasteiger partial charge in [-0.25, -0.2) is 9.48 Å². The third-order valence-electron chi connectivity index (χ3n) is 3.79. The van der Waals surface area contributed by atoms with Crippen LogP contribution in [0.2, 0.25) is 0 Å². The second-order valence-corrected chi connectivity index (χ2v) is 5.68. The lowest BCUT2D eigenvalue weighted by Gasteiger charge is -2.15. The molecular formula is C18H18N4O3. The van der Waals surface area contributed by atoms with Crippen LogP contribution in [0.4, 0.5) is 0 Å². The predicted molar refractivity (Wildman–Crippen MR) is 90.8 cm³/mol. The fourth-order valence-electron chi connectivity index (χ4n) is 2.19. The van der Waals surface area contributed by atoms with Crippen LogP contribution in [-0.4, -0.2) is 32.3 Å². The third kappa shape index (κ3) is 4.00. The first-order valence-corrected chi connectivity index (χ1v) is 7.82. The van der Waals surface area contributed by atoms with E-state index in [1.54, 1.807) is 31.2 Å². The number of rotatable bonds is 5. The van der Waals surface area contributed by atoms with E-state index in [4.69, 9.17) is 9.47 Å². The molecule has 3 aromatic rings. The minimum absolute atomic E-state index is 0.428. The summed E-state index contributed by atoms with van der Waals surface area (Å²) in [7, 11) is 0. The average Bonchev–Trinajstić information content (AvgIpc) is 3.13. The van der Waals surface area contributed by atoms with Crippen molar-refractivity contribution in [3.8, 4) is 17.2 Å². The Labute approximate surface area is 145 Å². The van der Waals surface area contributed by atoms with Crippen LogP contribution in [-0.2, 0) is 4.79 Å². The van der Waals surface area contributed by atoms with Crippen LogP contribution in [0.3, 0.4) is 0 Å². The summed E-state index contributed by atoms with van der Waals surface area (Å²) in [6.07, 6.45) is 0.766. The molecule has 7 heteroatoms. The molecule has 128 valence electrons. The fourth-order valence-corrected chi connectivity index (χ4v) is 2.19. The van der Waals surface area contributed by atoms with E-state index in [9.17, 15) is 4.79 Å². The molecule has 0 saturated carbocycles. The summed E-state index contributed by atoms with van der Waals surface area (Å²) in [5.41, 5.74) is 3.05. The molecule has 0 spiro atoms. The number of hydrogen-bond acceptors (Lipinski definition) is 6. The minimum Gasteiger partial charge on any atom is -0.479 e. The minimum atomic E-state index is -0.721. The van der Waals surface area contributed by atoms with Crippen molar-refractivity contribution in [2.45, 2.75) is 26.9 Å². The number of carbonyl (C=O) groups is 1. The summed E-state index contributed by atoms with van der Waals surface area (Å²) in [4.78, 5) is 12.2. The summed E-state index contributed by atoms with van der Waals surface area (Å²) in [5.74, 6) is 0.604. The second kappa shape index (κ2) is 7.12. The van der Waals surface area contributed by atoms with Crippen molar-refractivity contribution in [1.29, 1.82) is 0 Å². The van der Waals surface area contributed by atoms with Crippen molar-refractivity contribution in [2.24, 2.45) is 0 Å². The predicted octanol–water partition coefficient (Wildman–Crippen LogP) is 2.65. The molecule has 3 rings (SSSR count). The van der Waals surface area contributed by atoms with Crippen molar-refractivity contribution >= 4 is 5.97 Å². The molecule has 0 aliphatic rings. The molecule has 0 N–H and O–H groups in total. The Morgan fingerprint density at radius 1 is 1.04 bits per heavy atom. The van der Waals surface area contributed by atoms with Crippen molar-refractivity contribution in [1.82, 2.24) is 20.2 Å². The number of ether oxygens (including phenoxy) is 2. The summed E-state index contributed by atoms with van der Waals surface area (Å²) >= 11 is 0. The van der Waals surface area contributed by atoms with E-state index in [0.29, 0.717) is 11.5 Å². The molecule has 1 atom stereocenters. The smallest absolute Gasteiger partial charge is 0.352 e. The lowest BCUT2D eigenvalue weighted by atomic mass is 10.1. The van der Waals surface area contributed by atoms with Gasteiger partial charge in [0.05, 0.1) is 5.69 Å². The van der Waals surface area contributed by atoms with Crippen LogP contribution in [0.1, 0.15) is 18.1 Å². The maximum absolute atomic E-state index is 12.2. The average molecular weight is 338 g/mol. The monoisotopic (exact) mass is 338 g/mol. The Bertz CT molecular complexity index is 861. The van der Waals surface area contributed by atoms with Gasteiger partial charge in [-0.15, -0.1) is 5.10 Å². The van der Waals surface area contributed by atoms with Gasteiger partial charge in [0.2, 0.25) is 0 Å². The molecule has 1 heterocycles.